The smallest absolute Gasteiger partial charge is 0.0135 e. The van der Waals surface area contributed by atoms with E-state index in [1.54, 1.807) is 0 Å². The van der Waals surface area contributed by atoms with Crippen LogP contribution in [0.5, 0.6) is 0 Å². The van der Waals surface area contributed by atoms with Gasteiger partial charge >= 0.3 is 0 Å². The summed E-state index contributed by atoms with van der Waals surface area (Å²) in [6.45, 7) is 5.06. The van der Waals surface area contributed by atoms with Crippen LogP contribution < -0.4 is 11.1 Å². The van der Waals surface area contributed by atoms with E-state index in [-0.39, 0.29) is 0 Å². The van der Waals surface area contributed by atoms with Crippen molar-refractivity contribution < 1.29 is 0 Å². The summed E-state index contributed by atoms with van der Waals surface area (Å²) < 4.78 is 0. The molecule has 0 aliphatic carbocycles. The number of hydrogen-bond acceptors (Lipinski definition) is 2. The normalized spacial score (nSPS) is 13.0. The molecule has 2 nitrogen and oxygen atoms in total. The molecular formula is C27H46N2. The molecule has 0 aromatic heterocycles. The summed E-state index contributed by atoms with van der Waals surface area (Å²) in [7, 11) is 0. The maximum Gasteiger partial charge on any atom is 0.0135 e. The van der Waals surface area contributed by atoms with Gasteiger partial charge in [-0.1, -0.05) is 92.7 Å². The molecule has 29 heavy (non-hydrogen) atoms. The van der Waals surface area contributed by atoms with Gasteiger partial charge < -0.3 is 11.1 Å². The van der Waals surface area contributed by atoms with Crippen LogP contribution in [-0.2, 0) is 0 Å². The molecule has 0 unspecified atom stereocenters. The van der Waals surface area contributed by atoms with Crippen molar-refractivity contribution >= 4 is 0 Å². The van der Waals surface area contributed by atoms with Crippen LogP contribution in [0.2, 0.25) is 0 Å². The van der Waals surface area contributed by atoms with Crippen molar-refractivity contribution in [3.8, 4) is 0 Å². The number of hydrogen-bond donors (Lipinski definition) is 2. The predicted molar refractivity (Wildman–Crippen MR) is 133 cm³/mol. The van der Waals surface area contributed by atoms with Gasteiger partial charge in [0.15, 0.2) is 0 Å². The van der Waals surface area contributed by atoms with E-state index in [1.165, 1.54) is 25.7 Å². The third kappa shape index (κ3) is 26.4. The average molecular weight is 399 g/mol. The van der Waals surface area contributed by atoms with E-state index in [1.807, 2.05) is 0 Å². The molecule has 0 fully saturated rings. The summed E-state index contributed by atoms with van der Waals surface area (Å²) in [5.41, 5.74) is 5.46. The van der Waals surface area contributed by atoms with E-state index in [4.69, 9.17) is 5.73 Å². The topological polar surface area (TPSA) is 38.0 Å². The molecule has 164 valence electrons. The molecule has 0 aromatic rings. The summed E-state index contributed by atoms with van der Waals surface area (Å²) >= 11 is 0. The predicted octanol–water partition coefficient (Wildman–Crippen LogP) is 7.18. The van der Waals surface area contributed by atoms with Crippen LogP contribution in [0.4, 0.5) is 0 Å². The van der Waals surface area contributed by atoms with E-state index in [9.17, 15) is 0 Å². The summed E-state index contributed by atoms with van der Waals surface area (Å²) in [5.74, 6) is 0. The first kappa shape index (κ1) is 27.4. The van der Waals surface area contributed by atoms with E-state index in [0.29, 0.717) is 0 Å². The minimum atomic E-state index is 0.782. The van der Waals surface area contributed by atoms with Gasteiger partial charge in [0.05, 0.1) is 0 Å². The van der Waals surface area contributed by atoms with Crippen LogP contribution in [0.15, 0.2) is 72.9 Å². The first-order chi connectivity index (χ1) is 14.4. The lowest BCUT2D eigenvalue weighted by Crippen LogP contribution is -2.14. The second-order valence-electron chi connectivity index (χ2n) is 7.19. The van der Waals surface area contributed by atoms with E-state index >= 15 is 0 Å². The number of unbranched alkanes of at least 4 members (excludes halogenated alkanes) is 4. The molecule has 0 saturated heterocycles. The fourth-order valence-electron chi connectivity index (χ4n) is 2.64. The first-order valence-corrected chi connectivity index (χ1v) is 11.7. The van der Waals surface area contributed by atoms with Crippen LogP contribution in [0.3, 0.4) is 0 Å². The minimum Gasteiger partial charge on any atom is -0.330 e. The van der Waals surface area contributed by atoms with Gasteiger partial charge in [0.25, 0.3) is 0 Å². The van der Waals surface area contributed by atoms with Gasteiger partial charge in [0.2, 0.25) is 0 Å². The highest BCUT2D eigenvalue weighted by atomic mass is 14.8. The van der Waals surface area contributed by atoms with Gasteiger partial charge in [0.1, 0.15) is 0 Å². The lowest BCUT2D eigenvalue weighted by Gasteiger charge is -1.97. The van der Waals surface area contributed by atoms with Gasteiger partial charge in [0, 0.05) is 6.54 Å². The Balaban J connectivity index is 3.41. The Bertz CT molecular complexity index is 481. The number of allylic oxidation sites excluding steroid dienone is 10. The zero-order chi connectivity index (χ0) is 21.1. The highest BCUT2D eigenvalue weighted by molar-refractivity contribution is 5.01. The Labute approximate surface area is 181 Å². The zero-order valence-corrected chi connectivity index (χ0v) is 18.9. The highest BCUT2D eigenvalue weighted by Crippen LogP contribution is 2.00. The van der Waals surface area contributed by atoms with Crippen LogP contribution >= 0.6 is 0 Å². The standard InChI is InChI=1S/C27H46N2/c1-2-3-4-5-17-20-23-26-29-27-24-21-18-15-13-11-9-7-6-8-10-12-14-16-19-22-25-28/h7-10,13-17,20-21,24,29H,2-6,11-12,18-19,22-23,25-28H2,1H3/b9-7-,10-8-,15-13-,16-14-,20-17-,24-21-. The number of nitrogens with two attached hydrogens (primary N) is 1. The van der Waals surface area contributed by atoms with E-state index in [2.05, 4.69) is 85.2 Å². The van der Waals surface area contributed by atoms with E-state index in [0.717, 1.165) is 64.6 Å². The molecule has 0 bridgehead atoms. The van der Waals surface area contributed by atoms with Crippen molar-refractivity contribution in [3.63, 3.8) is 0 Å². The van der Waals surface area contributed by atoms with Crippen LogP contribution in [0.25, 0.3) is 0 Å². The van der Waals surface area contributed by atoms with Crippen molar-refractivity contribution in [2.45, 2.75) is 77.6 Å². The largest absolute Gasteiger partial charge is 0.330 e. The highest BCUT2D eigenvalue weighted by Gasteiger charge is 1.83. The Morgan fingerprint density at radius 1 is 0.552 bits per heavy atom. The fourth-order valence-corrected chi connectivity index (χ4v) is 2.64. The molecule has 0 radical (unpaired) electrons. The quantitative estimate of drug-likeness (QED) is 0.168. The van der Waals surface area contributed by atoms with Gasteiger partial charge in [-0.3, -0.25) is 0 Å². The molecule has 0 aromatic carbocycles. The summed E-state index contributed by atoms with van der Waals surface area (Å²) in [4.78, 5) is 0. The molecule has 0 spiro atoms. The second kappa shape index (κ2) is 26.4. The van der Waals surface area contributed by atoms with Crippen molar-refractivity contribution in [2.24, 2.45) is 5.73 Å². The summed E-state index contributed by atoms with van der Waals surface area (Å²) in [6.07, 6.45) is 39.5. The molecule has 0 amide bonds. The lowest BCUT2D eigenvalue weighted by molar-refractivity contribution is 0.723. The molecule has 0 rings (SSSR count). The maximum absolute atomic E-state index is 5.46. The van der Waals surface area contributed by atoms with Crippen molar-refractivity contribution in [3.05, 3.63) is 72.9 Å². The SMILES string of the molecule is CCCCC/C=C\CCNC/C=C\C/C=C\C/C=C\C/C=C\C/C=C\CCCN. The third-order valence-corrected chi connectivity index (χ3v) is 4.39. The first-order valence-electron chi connectivity index (χ1n) is 11.7. The molecular weight excluding hydrogens is 352 g/mol. The summed E-state index contributed by atoms with van der Waals surface area (Å²) in [6, 6.07) is 0. The van der Waals surface area contributed by atoms with Crippen molar-refractivity contribution in [1.82, 2.24) is 5.32 Å². The van der Waals surface area contributed by atoms with Crippen LogP contribution in [0.1, 0.15) is 77.6 Å². The Morgan fingerprint density at radius 3 is 1.62 bits per heavy atom. The van der Waals surface area contributed by atoms with Gasteiger partial charge in [-0.15, -0.1) is 0 Å². The molecule has 0 saturated carbocycles. The Morgan fingerprint density at radius 2 is 1.03 bits per heavy atom. The van der Waals surface area contributed by atoms with Crippen LogP contribution in [-0.4, -0.2) is 19.6 Å². The van der Waals surface area contributed by atoms with Crippen molar-refractivity contribution in [2.75, 3.05) is 19.6 Å². The van der Waals surface area contributed by atoms with Gasteiger partial charge in [-0.25, -0.2) is 0 Å². The average Bonchev–Trinajstić information content (AvgIpc) is 2.74. The molecule has 0 heterocycles. The monoisotopic (exact) mass is 398 g/mol. The van der Waals surface area contributed by atoms with Crippen molar-refractivity contribution in [1.29, 1.82) is 0 Å². The zero-order valence-electron chi connectivity index (χ0n) is 18.9. The molecule has 0 aliphatic rings. The van der Waals surface area contributed by atoms with Crippen LogP contribution in [0, 0.1) is 0 Å². The van der Waals surface area contributed by atoms with Gasteiger partial charge in [-0.05, 0) is 70.9 Å². The maximum atomic E-state index is 5.46. The Kier molecular flexibility index (Phi) is 24.9. The molecule has 0 atom stereocenters. The molecule has 2 heteroatoms. The molecule has 3 N–H and O–H groups in total. The Hall–Kier alpha value is -1.64. The second-order valence-corrected chi connectivity index (χ2v) is 7.19. The third-order valence-electron chi connectivity index (χ3n) is 4.39. The summed E-state index contributed by atoms with van der Waals surface area (Å²) in [5, 5.41) is 3.45. The fraction of sp³-hybridized carbons (Fsp3) is 0.556. The minimum absolute atomic E-state index is 0.782. The van der Waals surface area contributed by atoms with Gasteiger partial charge in [-0.2, -0.15) is 0 Å². The number of nitrogens with one attached hydrogen (secondary N) is 1. The lowest BCUT2D eigenvalue weighted by atomic mass is 10.2. The number of rotatable bonds is 20. The molecule has 0 aliphatic heterocycles. The van der Waals surface area contributed by atoms with E-state index < -0.39 is 0 Å².